The number of hydrogen-bond donors (Lipinski definition) is 2. The summed E-state index contributed by atoms with van der Waals surface area (Å²) in [6, 6.07) is 13.6. The van der Waals surface area contributed by atoms with Gasteiger partial charge in [-0.05, 0) is 24.1 Å². The van der Waals surface area contributed by atoms with Crippen LogP contribution in [0.25, 0.3) is 0 Å². The number of aliphatic hydroxyl groups is 1. The first kappa shape index (κ1) is 15.3. The van der Waals surface area contributed by atoms with Crippen LogP contribution in [0.15, 0.2) is 53.1 Å². The lowest BCUT2D eigenvalue weighted by molar-refractivity contribution is -0.121. The van der Waals surface area contributed by atoms with Crippen molar-refractivity contribution in [2.24, 2.45) is 0 Å². The summed E-state index contributed by atoms with van der Waals surface area (Å²) >= 11 is 0. The van der Waals surface area contributed by atoms with E-state index in [0.717, 1.165) is 11.3 Å². The summed E-state index contributed by atoms with van der Waals surface area (Å²) in [5, 5.41) is 12.1. The Morgan fingerprint density at radius 1 is 1.19 bits per heavy atom. The molecule has 2 N–H and O–H groups in total. The van der Waals surface area contributed by atoms with Crippen LogP contribution in [0.2, 0.25) is 0 Å². The maximum Gasteiger partial charge on any atom is 0.220 e. The third-order valence-corrected chi connectivity index (χ3v) is 3.47. The quantitative estimate of drug-likeness (QED) is 0.784. The topological polar surface area (TPSA) is 62.5 Å². The van der Waals surface area contributed by atoms with Crippen molar-refractivity contribution < 1.29 is 14.3 Å². The summed E-state index contributed by atoms with van der Waals surface area (Å²) in [5.74, 6) is 0.967. The molecular formula is C17H21NO3. The summed E-state index contributed by atoms with van der Waals surface area (Å²) in [6.07, 6.45) is 3.27. The van der Waals surface area contributed by atoms with Gasteiger partial charge in [-0.3, -0.25) is 4.79 Å². The molecule has 2 rings (SSSR count). The van der Waals surface area contributed by atoms with Crippen LogP contribution >= 0.6 is 0 Å². The summed E-state index contributed by atoms with van der Waals surface area (Å²) in [7, 11) is 0. The molecule has 1 amide bonds. The Morgan fingerprint density at radius 2 is 2.00 bits per heavy atom. The number of carbonyl (C=O) groups is 1. The predicted molar refractivity (Wildman–Crippen MR) is 80.9 cm³/mol. The highest BCUT2D eigenvalue weighted by Crippen LogP contribution is 2.18. The third kappa shape index (κ3) is 5.08. The standard InChI is InChI=1S/C17H21NO3/c19-11-10-15(14-5-2-1-3-6-14)13-18-17(20)9-8-16-7-4-12-21-16/h1-7,12,15,19H,8-11,13H2,(H,18,20). The lowest BCUT2D eigenvalue weighted by atomic mass is 9.96. The fourth-order valence-corrected chi connectivity index (χ4v) is 2.28. The minimum Gasteiger partial charge on any atom is -0.469 e. The van der Waals surface area contributed by atoms with Gasteiger partial charge in [0.1, 0.15) is 5.76 Å². The number of aryl methyl sites for hydroxylation is 1. The summed E-state index contributed by atoms with van der Waals surface area (Å²) < 4.78 is 5.20. The van der Waals surface area contributed by atoms with Crippen molar-refractivity contribution in [1.82, 2.24) is 5.32 Å². The van der Waals surface area contributed by atoms with Gasteiger partial charge >= 0.3 is 0 Å². The van der Waals surface area contributed by atoms with Crippen molar-refractivity contribution in [1.29, 1.82) is 0 Å². The first-order chi connectivity index (χ1) is 10.3. The lowest BCUT2D eigenvalue weighted by Crippen LogP contribution is -2.29. The normalized spacial score (nSPS) is 12.0. The van der Waals surface area contributed by atoms with Gasteiger partial charge in [-0.1, -0.05) is 30.3 Å². The van der Waals surface area contributed by atoms with E-state index in [9.17, 15) is 4.79 Å². The van der Waals surface area contributed by atoms with Gasteiger partial charge in [-0.25, -0.2) is 0 Å². The second-order valence-electron chi connectivity index (χ2n) is 5.00. The molecule has 1 atom stereocenters. The number of aliphatic hydroxyl groups excluding tert-OH is 1. The molecule has 0 bridgehead atoms. The lowest BCUT2D eigenvalue weighted by Gasteiger charge is -2.17. The van der Waals surface area contributed by atoms with Gasteiger partial charge in [-0.15, -0.1) is 0 Å². The van der Waals surface area contributed by atoms with E-state index < -0.39 is 0 Å². The van der Waals surface area contributed by atoms with E-state index in [-0.39, 0.29) is 18.4 Å². The second-order valence-corrected chi connectivity index (χ2v) is 5.00. The Labute approximate surface area is 124 Å². The Kier molecular flexibility index (Phi) is 6.03. The Morgan fingerprint density at radius 3 is 2.67 bits per heavy atom. The minimum atomic E-state index is 0.00488. The van der Waals surface area contributed by atoms with E-state index in [4.69, 9.17) is 9.52 Å². The molecule has 112 valence electrons. The largest absolute Gasteiger partial charge is 0.469 e. The molecule has 0 aliphatic carbocycles. The molecule has 1 aromatic carbocycles. The van der Waals surface area contributed by atoms with Gasteiger partial charge in [-0.2, -0.15) is 0 Å². The van der Waals surface area contributed by atoms with Crippen molar-refractivity contribution in [2.75, 3.05) is 13.2 Å². The highest BCUT2D eigenvalue weighted by Gasteiger charge is 2.12. The Balaban J connectivity index is 1.80. The molecule has 0 radical (unpaired) electrons. The Bertz CT molecular complexity index is 522. The van der Waals surface area contributed by atoms with E-state index in [2.05, 4.69) is 5.32 Å². The maximum absolute atomic E-state index is 11.9. The molecule has 4 heteroatoms. The number of benzene rings is 1. The third-order valence-electron chi connectivity index (χ3n) is 3.47. The zero-order valence-corrected chi connectivity index (χ0v) is 12.0. The summed E-state index contributed by atoms with van der Waals surface area (Å²) in [6.45, 7) is 0.656. The molecule has 0 fully saturated rings. The molecule has 1 heterocycles. The first-order valence-corrected chi connectivity index (χ1v) is 7.24. The van der Waals surface area contributed by atoms with Crippen LogP contribution in [0.1, 0.15) is 30.1 Å². The summed E-state index contributed by atoms with van der Waals surface area (Å²) in [5.41, 5.74) is 1.14. The van der Waals surface area contributed by atoms with E-state index in [1.54, 1.807) is 6.26 Å². The van der Waals surface area contributed by atoms with Crippen molar-refractivity contribution in [2.45, 2.75) is 25.2 Å². The molecule has 0 saturated heterocycles. The average Bonchev–Trinajstić information content (AvgIpc) is 3.03. The van der Waals surface area contributed by atoms with E-state index in [0.29, 0.717) is 25.8 Å². The molecule has 0 spiro atoms. The fraction of sp³-hybridized carbons (Fsp3) is 0.353. The number of amides is 1. The highest BCUT2D eigenvalue weighted by molar-refractivity contribution is 5.76. The van der Waals surface area contributed by atoms with Crippen LogP contribution in [0.4, 0.5) is 0 Å². The van der Waals surface area contributed by atoms with E-state index >= 15 is 0 Å². The molecule has 4 nitrogen and oxygen atoms in total. The van der Waals surface area contributed by atoms with Crippen LogP contribution in [-0.4, -0.2) is 24.2 Å². The molecule has 0 aliphatic heterocycles. The smallest absolute Gasteiger partial charge is 0.220 e. The average molecular weight is 287 g/mol. The number of rotatable bonds is 8. The zero-order chi connectivity index (χ0) is 14.9. The molecule has 1 aromatic heterocycles. The molecule has 1 unspecified atom stereocenters. The maximum atomic E-state index is 11.9. The SMILES string of the molecule is O=C(CCc1ccco1)NCC(CCO)c1ccccc1. The van der Waals surface area contributed by atoms with Gasteiger partial charge in [0.15, 0.2) is 0 Å². The fourth-order valence-electron chi connectivity index (χ4n) is 2.28. The van der Waals surface area contributed by atoms with Crippen LogP contribution in [0.3, 0.4) is 0 Å². The van der Waals surface area contributed by atoms with Crippen molar-refractivity contribution in [3.63, 3.8) is 0 Å². The molecule has 0 saturated carbocycles. The minimum absolute atomic E-state index is 0.00488. The molecule has 21 heavy (non-hydrogen) atoms. The molecular weight excluding hydrogens is 266 g/mol. The predicted octanol–water partition coefficient (Wildman–Crippen LogP) is 2.49. The van der Waals surface area contributed by atoms with E-state index in [1.165, 1.54) is 0 Å². The van der Waals surface area contributed by atoms with Gasteiger partial charge < -0.3 is 14.8 Å². The Hall–Kier alpha value is -2.07. The number of furan rings is 1. The van der Waals surface area contributed by atoms with Gasteiger partial charge in [0.05, 0.1) is 6.26 Å². The monoisotopic (exact) mass is 287 g/mol. The summed E-state index contributed by atoms with van der Waals surface area (Å²) in [4.78, 5) is 11.9. The van der Waals surface area contributed by atoms with Gasteiger partial charge in [0, 0.05) is 31.9 Å². The van der Waals surface area contributed by atoms with Crippen molar-refractivity contribution >= 4 is 5.91 Å². The number of hydrogen-bond acceptors (Lipinski definition) is 3. The van der Waals surface area contributed by atoms with E-state index in [1.807, 2.05) is 42.5 Å². The second kappa shape index (κ2) is 8.27. The molecule has 0 aliphatic rings. The number of carbonyl (C=O) groups excluding carboxylic acids is 1. The van der Waals surface area contributed by atoms with Gasteiger partial charge in [0.25, 0.3) is 0 Å². The zero-order valence-electron chi connectivity index (χ0n) is 12.0. The van der Waals surface area contributed by atoms with Crippen molar-refractivity contribution in [3.8, 4) is 0 Å². The van der Waals surface area contributed by atoms with Crippen LogP contribution < -0.4 is 5.32 Å². The molecule has 2 aromatic rings. The van der Waals surface area contributed by atoms with Crippen molar-refractivity contribution in [3.05, 3.63) is 60.1 Å². The van der Waals surface area contributed by atoms with Crippen LogP contribution in [-0.2, 0) is 11.2 Å². The van der Waals surface area contributed by atoms with Crippen LogP contribution in [0.5, 0.6) is 0 Å². The van der Waals surface area contributed by atoms with Crippen LogP contribution in [0, 0.1) is 0 Å². The number of nitrogens with one attached hydrogen (secondary N) is 1. The highest BCUT2D eigenvalue weighted by atomic mass is 16.3. The first-order valence-electron chi connectivity index (χ1n) is 7.24. The van der Waals surface area contributed by atoms with Gasteiger partial charge in [0.2, 0.25) is 5.91 Å².